The van der Waals surface area contributed by atoms with E-state index in [0.29, 0.717) is 0 Å². The lowest BCUT2D eigenvalue weighted by atomic mass is 10.3. The number of nitrogens with one attached hydrogen (secondary N) is 2. The maximum Gasteiger partial charge on any atom is 0.121 e. The fourth-order valence-electron chi connectivity index (χ4n) is 2.22. The zero-order valence-corrected chi connectivity index (χ0v) is 14.7. The van der Waals surface area contributed by atoms with E-state index in [1.807, 2.05) is 42.5 Å². The normalized spacial score (nSPS) is 10.2. The van der Waals surface area contributed by atoms with Crippen LogP contribution in [-0.2, 0) is 0 Å². The number of hydrogen-bond donors (Lipinski definition) is 2. The van der Waals surface area contributed by atoms with Gasteiger partial charge in [-0.1, -0.05) is 19.9 Å². The van der Waals surface area contributed by atoms with Crippen molar-refractivity contribution in [1.82, 2.24) is 0 Å². The molecule has 0 amide bonds. The lowest BCUT2D eigenvalue weighted by Crippen LogP contribution is -2.13. The summed E-state index contributed by atoms with van der Waals surface area (Å²) in [6, 6.07) is 16.2. The van der Waals surface area contributed by atoms with E-state index in [1.165, 1.54) is 0 Å². The highest BCUT2D eigenvalue weighted by molar-refractivity contribution is 5.49. The number of rotatable bonds is 11. The van der Waals surface area contributed by atoms with Crippen LogP contribution in [0.3, 0.4) is 0 Å². The van der Waals surface area contributed by atoms with Gasteiger partial charge in [0.1, 0.15) is 11.5 Å². The Morgan fingerprint density at radius 2 is 1.33 bits per heavy atom. The second-order valence-electron chi connectivity index (χ2n) is 5.60. The summed E-state index contributed by atoms with van der Waals surface area (Å²) in [5, 5.41) is 6.80. The second-order valence-corrected chi connectivity index (χ2v) is 5.60. The molecule has 4 nitrogen and oxygen atoms in total. The number of ether oxygens (including phenoxy) is 2. The molecule has 0 radical (unpaired) electrons. The molecule has 0 fully saturated rings. The highest BCUT2D eigenvalue weighted by Gasteiger charge is 1.97. The number of hydrogen-bond acceptors (Lipinski definition) is 4. The fourth-order valence-corrected chi connectivity index (χ4v) is 2.22. The molecule has 24 heavy (non-hydrogen) atoms. The van der Waals surface area contributed by atoms with Crippen molar-refractivity contribution in [3.05, 3.63) is 48.5 Å². The van der Waals surface area contributed by atoms with E-state index in [2.05, 4.69) is 30.5 Å². The molecule has 0 aromatic heterocycles. The van der Waals surface area contributed by atoms with Crippen LogP contribution in [0, 0.1) is 0 Å². The summed E-state index contributed by atoms with van der Waals surface area (Å²) < 4.78 is 11.2. The molecule has 4 heteroatoms. The molecule has 2 N–H and O–H groups in total. The molecule has 0 aliphatic carbocycles. The minimum atomic E-state index is 0.753. The van der Waals surface area contributed by atoms with E-state index in [4.69, 9.17) is 9.47 Å². The molecule has 0 saturated carbocycles. The van der Waals surface area contributed by atoms with Crippen molar-refractivity contribution in [3.8, 4) is 11.5 Å². The Balaban J connectivity index is 1.70. The fraction of sp³-hybridized carbons (Fsp3) is 0.400. The van der Waals surface area contributed by atoms with Gasteiger partial charge in [-0.25, -0.2) is 0 Å². The second kappa shape index (κ2) is 10.4. The van der Waals surface area contributed by atoms with E-state index < -0.39 is 0 Å². The molecule has 0 heterocycles. The monoisotopic (exact) mass is 328 g/mol. The average Bonchev–Trinajstić information content (AvgIpc) is 2.63. The highest BCUT2D eigenvalue weighted by atomic mass is 16.5. The number of benzene rings is 2. The van der Waals surface area contributed by atoms with E-state index >= 15 is 0 Å². The first kappa shape index (κ1) is 18.0. The minimum Gasteiger partial charge on any atom is -0.494 e. The van der Waals surface area contributed by atoms with Crippen LogP contribution in [0.2, 0.25) is 0 Å². The van der Waals surface area contributed by atoms with Gasteiger partial charge in [0, 0.05) is 30.5 Å². The molecule has 0 unspecified atom stereocenters. The van der Waals surface area contributed by atoms with Crippen LogP contribution in [0.4, 0.5) is 11.4 Å². The predicted octanol–water partition coefficient (Wildman–Crippen LogP) is 4.79. The van der Waals surface area contributed by atoms with Gasteiger partial charge in [0.05, 0.1) is 13.2 Å². The van der Waals surface area contributed by atoms with Crippen LogP contribution in [0.15, 0.2) is 48.5 Å². The van der Waals surface area contributed by atoms with Crippen LogP contribution < -0.4 is 20.1 Å². The molecule has 0 bridgehead atoms. The van der Waals surface area contributed by atoms with Gasteiger partial charge in [-0.2, -0.15) is 0 Å². The van der Waals surface area contributed by atoms with Crippen molar-refractivity contribution < 1.29 is 9.47 Å². The molecule has 0 aliphatic rings. The Bertz CT molecular complexity index is 584. The van der Waals surface area contributed by atoms with Crippen molar-refractivity contribution >= 4 is 11.4 Å². The summed E-state index contributed by atoms with van der Waals surface area (Å²) in [6.07, 6.45) is 2.04. The lowest BCUT2D eigenvalue weighted by Gasteiger charge is -2.11. The quantitative estimate of drug-likeness (QED) is 0.582. The van der Waals surface area contributed by atoms with Gasteiger partial charge in [-0.3, -0.25) is 0 Å². The van der Waals surface area contributed by atoms with Crippen LogP contribution in [0.1, 0.15) is 26.7 Å². The molecular weight excluding hydrogens is 300 g/mol. The zero-order chi connectivity index (χ0) is 17.0. The average molecular weight is 328 g/mol. The first-order valence-corrected chi connectivity index (χ1v) is 8.75. The van der Waals surface area contributed by atoms with Crippen molar-refractivity contribution in [2.24, 2.45) is 0 Å². The number of anilines is 2. The Kier molecular flexibility index (Phi) is 7.81. The SMILES string of the molecule is CCCOc1ccc(NCCNc2cccc(OCCC)c2)cc1. The third kappa shape index (κ3) is 6.41. The van der Waals surface area contributed by atoms with Gasteiger partial charge < -0.3 is 20.1 Å². The van der Waals surface area contributed by atoms with Crippen LogP contribution >= 0.6 is 0 Å². The Labute approximate surface area is 145 Å². The van der Waals surface area contributed by atoms with E-state index in [-0.39, 0.29) is 0 Å². The third-order valence-electron chi connectivity index (χ3n) is 3.42. The Morgan fingerprint density at radius 1 is 0.708 bits per heavy atom. The van der Waals surface area contributed by atoms with E-state index in [0.717, 1.165) is 62.0 Å². The van der Waals surface area contributed by atoms with Gasteiger partial charge in [0.25, 0.3) is 0 Å². The van der Waals surface area contributed by atoms with Crippen LogP contribution in [0.5, 0.6) is 11.5 Å². The van der Waals surface area contributed by atoms with Crippen molar-refractivity contribution in [3.63, 3.8) is 0 Å². The predicted molar refractivity (Wildman–Crippen MR) is 101 cm³/mol. The molecule has 130 valence electrons. The summed E-state index contributed by atoms with van der Waals surface area (Å²) in [6.45, 7) is 7.41. The Morgan fingerprint density at radius 3 is 2.00 bits per heavy atom. The maximum absolute atomic E-state index is 5.64. The molecule has 0 atom stereocenters. The first-order valence-electron chi connectivity index (χ1n) is 8.75. The van der Waals surface area contributed by atoms with Crippen molar-refractivity contribution in [2.45, 2.75) is 26.7 Å². The standard InChI is InChI=1S/C20H28N2O2/c1-3-14-23-19-10-8-17(9-11-19)21-12-13-22-18-6-5-7-20(16-18)24-15-4-2/h5-11,16,21-22H,3-4,12-15H2,1-2H3. The van der Waals surface area contributed by atoms with Gasteiger partial charge in [-0.05, 0) is 49.2 Å². The van der Waals surface area contributed by atoms with Crippen molar-refractivity contribution in [2.75, 3.05) is 36.9 Å². The largest absolute Gasteiger partial charge is 0.494 e. The minimum absolute atomic E-state index is 0.753. The van der Waals surface area contributed by atoms with Gasteiger partial charge >= 0.3 is 0 Å². The van der Waals surface area contributed by atoms with Crippen LogP contribution in [-0.4, -0.2) is 26.3 Å². The summed E-state index contributed by atoms with van der Waals surface area (Å²) in [5.74, 6) is 1.84. The summed E-state index contributed by atoms with van der Waals surface area (Å²) in [4.78, 5) is 0. The zero-order valence-electron chi connectivity index (χ0n) is 14.7. The molecule has 0 aliphatic heterocycles. The van der Waals surface area contributed by atoms with E-state index in [1.54, 1.807) is 0 Å². The topological polar surface area (TPSA) is 42.5 Å². The summed E-state index contributed by atoms with van der Waals surface area (Å²) in [7, 11) is 0. The van der Waals surface area contributed by atoms with E-state index in [9.17, 15) is 0 Å². The van der Waals surface area contributed by atoms with Gasteiger partial charge in [0.2, 0.25) is 0 Å². The molecule has 2 aromatic rings. The third-order valence-corrected chi connectivity index (χ3v) is 3.42. The Hall–Kier alpha value is -2.36. The molecule has 2 rings (SSSR count). The molecular formula is C20H28N2O2. The van der Waals surface area contributed by atoms with Gasteiger partial charge in [-0.15, -0.1) is 0 Å². The molecule has 0 saturated heterocycles. The van der Waals surface area contributed by atoms with Crippen LogP contribution in [0.25, 0.3) is 0 Å². The summed E-state index contributed by atoms with van der Waals surface area (Å²) in [5.41, 5.74) is 2.18. The van der Waals surface area contributed by atoms with Crippen molar-refractivity contribution in [1.29, 1.82) is 0 Å². The molecule has 0 spiro atoms. The lowest BCUT2D eigenvalue weighted by molar-refractivity contribution is 0.317. The summed E-state index contributed by atoms with van der Waals surface area (Å²) >= 11 is 0. The van der Waals surface area contributed by atoms with Gasteiger partial charge in [0.15, 0.2) is 0 Å². The highest BCUT2D eigenvalue weighted by Crippen LogP contribution is 2.18. The molecule has 2 aromatic carbocycles. The maximum atomic E-state index is 5.64. The smallest absolute Gasteiger partial charge is 0.121 e. The first-order chi connectivity index (χ1) is 11.8.